The minimum Gasteiger partial charge on any atom is -0.496 e. The fourth-order valence-electron chi connectivity index (χ4n) is 2.13. The van der Waals surface area contributed by atoms with E-state index in [1.165, 1.54) is 0 Å². The molecule has 0 amide bonds. The molecule has 6 N–H and O–H groups in total. The third kappa shape index (κ3) is 3.14. The van der Waals surface area contributed by atoms with Crippen molar-refractivity contribution in [3.05, 3.63) is 35.0 Å². The van der Waals surface area contributed by atoms with Gasteiger partial charge in [-0.2, -0.15) is 4.98 Å². The van der Waals surface area contributed by atoms with Crippen LogP contribution >= 0.6 is 0 Å². The van der Waals surface area contributed by atoms with Crippen molar-refractivity contribution < 1.29 is 9.47 Å². The first-order valence-corrected chi connectivity index (χ1v) is 6.39. The highest BCUT2D eigenvalue weighted by Gasteiger charge is 2.12. The number of benzene rings is 1. The lowest BCUT2D eigenvalue weighted by molar-refractivity contribution is 0.385. The van der Waals surface area contributed by atoms with E-state index in [0.29, 0.717) is 30.3 Å². The van der Waals surface area contributed by atoms with E-state index in [9.17, 15) is 0 Å². The SMILES string of the molecule is COc1cc(Cc2cnc(N)nc2N)cc(OC)c1CN. The summed E-state index contributed by atoms with van der Waals surface area (Å²) in [4.78, 5) is 7.91. The van der Waals surface area contributed by atoms with Gasteiger partial charge in [0, 0.05) is 30.3 Å². The Balaban J connectivity index is 2.40. The van der Waals surface area contributed by atoms with Gasteiger partial charge >= 0.3 is 0 Å². The summed E-state index contributed by atoms with van der Waals surface area (Å²) in [5.74, 6) is 1.89. The molecule has 0 spiro atoms. The fourth-order valence-corrected chi connectivity index (χ4v) is 2.13. The summed E-state index contributed by atoms with van der Waals surface area (Å²) in [5, 5.41) is 0. The van der Waals surface area contributed by atoms with Gasteiger partial charge in [0.2, 0.25) is 5.95 Å². The minimum absolute atomic E-state index is 0.157. The van der Waals surface area contributed by atoms with Crippen molar-refractivity contribution in [3.63, 3.8) is 0 Å². The Hall–Kier alpha value is -2.54. The van der Waals surface area contributed by atoms with E-state index in [-0.39, 0.29) is 5.95 Å². The van der Waals surface area contributed by atoms with Gasteiger partial charge in [0.1, 0.15) is 17.3 Å². The van der Waals surface area contributed by atoms with Crippen LogP contribution in [0.15, 0.2) is 18.3 Å². The third-order valence-electron chi connectivity index (χ3n) is 3.18. The van der Waals surface area contributed by atoms with Gasteiger partial charge in [-0.1, -0.05) is 0 Å². The van der Waals surface area contributed by atoms with E-state index in [1.54, 1.807) is 20.4 Å². The number of hydrogen-bond acceptors (Lipinski definition) is 7. The molecule has 2 aromatic rings. The van der Waals surface area contributed by atoms with Crippen molar-refractivity contribution in [2.75, 3.05) is 25.7 Å². The number of methoxy groups -OCH3 is 2. The molecule has 21 heavy (non-hydrogen) atoms. The van der Waals surface area contributed by atoms with Crippen LogP contribution in [0, 0.1) is 0 Å². The van der Waals surface area contributed by atoms with Gasteiger partial charge in [-0.25, -0.2) is 4.98 Å². The summed E-state index contributed by atoms with van der Waals surface area (Å²) in [6, 6.07) is 3.81. The van der Waals surface area contributed by atoms with Gasteiger partial charge in [-0.05, 0) is 17.7 Å². The van der Waals surface area contributed by atoms with E-state index in [0.717, 1.165) is 16.7 Å². The van der Waals surface area contributed by atoms with Crippen molar-refractivity contribution in [1.82, 2.24) is 9.97 Å². The summed E-state index contributed by atoms with van der Waals surface area (Å²) in [7, 11) is 3.19. The summed E-state index contributed by atoms with van der Waals surface area (Å²) in [5.41, 5.74) is 19.6. The molecule has 0 aliphatic carbocycles. The van der Waals surface area contributed by atoms with Crippen LogP contribution in [0.1, 0.15) is 16.7 Å². The van der Waals surface area contributed by atoms with E-state index < -0.39 is 0 Å². The number of hydrogen-bond donors (Lipinski definition) is 3. The molecule has 0 bridgehead atoms. The smallest absolute Gasteiger partial charge is 0.221 e. The average molecular weight is 289 g/mol. The van der Waals surface area contributed by atoms with E-state index >= 15 is 0 Å². The average Bonchev–Trinajstić information content (AvgIpc) is 2.49. The van der Waals surface area contributed by atoms with Crippen LogP contribution in [0.3, 0.4) is 0 Å². The summed E-state index contributed by atoms with van der Waals surface area (Å²) in [6.45, 7) is 0.333. The molecular weight excluding hydrogens is 270 g/mol. The van der Waals surface area contributed by atoms with Crippen molar-refractivity contribution in [1.29, 1.82) is 0 Å². The molecule has 0 radical (unpaired) electrons. The summed E-state index contributed by atoms with van der Waals surface area (Å²) >= 11 is 0. The van der Waals surface area contributed by atoms with E-state index in [4.69, 9.17) is 26.7 Å². The molecule has 7 nitrogen and oxygen atoms in total. The molecule has 0 fully saturated rings. The first kappa shape index (κ1) is 14.9. The lowest BCUT2D eigenvalue weighted by Crippen LogP contribution is -2.06. The molecule has 1 aromatic heterocycles. The number of nitrogen functional groups attached to an aromatic ring is 2. The first-order chi connectivity index (χ1) is 10.1. The first-order valence-electron chi connectivity index (χ1n) is 6.39. The number of aromatic nitrogens is 2. The highest BCUT2D eigenvalue weighted by atomic mass is 16.5. The Morgan fingerprint density at radius 1 is 1.10 bits per heavy atom. The predicted molar refractivity (Wildman–Crippen MR) is 81.1 cm³/mol. The number of ether oxygens (including phenoxy) is 2. The number of rotatable bonds is 5. The summed E-state index contributed by atoms with van der Waals surface area (Å²) in [6.07, 6.45) is 2.16. The topological polar surface area (TPSA) is 122 Å². The molecular formula is C14H19N5O2. The number of nitrogens with zero attached hydrogens (tertiary/aromatic N) is 2. The van der Waals surface area contributed by atoms with Crippen molar-refractivity contribution in [3.8, 4) is 11.5 Å². The zero-order valence-corrected chi connectivity index (χ0v) is 12.1. The minimum atomic E-state index is 0.157. The second-order valence-corrected chi connectivity index (χ2v) is 4.50. The Kier molecular flexibility index (Phi) is 4.44. The van der Waals surface area contributed by atoms with Gasteiger partial charge < -0.3 is 26.7 Å². The van der Waals surface area contributed by atoms with Gasteiger partial charge in [-0.3, -0.25) is 0 Å². The van der Waals surface area contributed by atoms with Crippen LogP contribution in [0.2, 0.25) is 0 Å². The molecule has 7 heteroatoms. The fraction of sp³-hybridized carbons (Fsp3) is 0.286. The zero-order valence-electron chi connectivity index (χ0n) is 12.1. The van der Waals surface area contributed by atoms with Gasteiger partial charge in [0.15, 0.2) is 0 Å². The van der Waals surface area contributed by atoms with Crippen molar-refractivity contribution in [2.24, 2.45) is 5.73 Å². The molecule has 1 heterocycles. The number of nitrogens with two attached hydrogens (primary N) is 3. The van der Waals surface area contributed by atoms with E-state index in [2.05, 4.69) is 9.97 Å². The van der Waals surface area contributed by atoms with Crippen LogP contribution in [-0.2, 0) is 13.0 Å². The monoisotopic (exact) mass is 289 g/mol. The van der Waals surface area contributed by atoms with Gasteiger partial charge in [0.25, 0.3) is 0 Å². The highest BCUT2D eigenvalue weighted by Crippen LogP contribution is 2.31. The quantitative estimate of drug-likeness (QED) is 0.740. The Morgan fingerprint density at radius 3 is 2.19 bits per heavy atom. The summed E-state index contributed by atoms with van der Waals surface area (Å²) < 4.78 is 10.7. The van der Waals surface area contributed by atoms with Crippen LogP contribution in [0.25, 0.3) is 0 Å². The molecule has 0 atom stereocenters. The van der Waals surface area contributed by atoms with Gasteiger partial charge in [-0.15, -0.1) is 0 Å². The standard InChI is InChI=1S/C14H19N5O2/c1-20-11-4-8(5-12(21-2)10(11)6-15)3-9-7-18-14(17)19-13(9)16/h4-5,7H,3,6,15H2,1-2H3,(H4,16,17,18,19). The predicted octanol–water partition coefficient (Wildman–Crippen LogP) is 0.708. The maximum atomic E-state index is 5.85. The van der Waals surface area contributed by atoms with E-state index in [1.807, 2.05) is 12.1 Å². The Labute approximate surface area is 123 Å². The van der Waals surface area contributed by atoms with Crippen LogP contribution in [-0.4, -0.2) is 24.2 Å². The molecule has 0 saturated heterocycles. The van der Waals surface area contributed by atoms with Crippen LogP contribution in [0.5, 0.6) is 11.5 Å². The molecule has 2 rings (SSSR count). The normalized spacial score (nSPS) is 10.4. The van der Waals surface area contributed by atoms with Gasteiger partial charge in [0.05, 0.1) is 14.2 Å². The highest BCUT2D eigenvalue weighted by molar-refractivity contribution is 5.51. The molecule has 0 saturated carbocycles. The Bertz CT molecular complexity index is 620. The molecule has 1 aromatic carbocycles. The van der Waals surface area contributed by atoms with Crippen molar-refractivity contribution >= 4 is 11.8 Å². The maximum Gasteiger partial charge on any atom is 0.221 e. The molecule has 0 unspecified atom stereocenters. The molecule has 0 aliphatic rings. The zero-order chi connectivity index (χ0) is 15.4. The lowest BCUT2D eigenvalue weighted by Gasteiger charge is -2.14. The Morgan fingerprint density at radius 2 is 1.71 bits per heavy atom. The van der Waals surface area contributed by atoms with Crippen LogP contribution < -0.4 is 26.7 Å². The molecule has 112 valence electrons. The largest absolute Gasteiger partial charge is 0.496 e. The second kappa shape index (κ2) is 6.27. The van der Waals surface area contributed by atoms with Crippen molar-refractivity contribution in [2.45, 2.75) is 13.0 Å². The molecule has 0 aliphatic heterocycles. The second-order valence-electron chi connectivity index (χ2n) is 4.50. The lowest BCUT2D eigenvalue weighted by atomic mass is 10.0. The third-order valence-corrected chi connectivity index (χ3v) is 3.18. The number of anilines is 2. The maximum absolute atomic E-state index is 5.85. The van der Waals surface area contributed by atoms with Crippen LogP contribution in [0.4, 0.5) is 11.8 Å².